The van der Waals surface area contributed by atoms with Crippen LogP contribution in [0.2, 0.25) is 0 Å². The summed E-state index contributed by atoms with van der Waals surface area (Å²) in [5.41, 5.74) is 5.84. The van der Waals surface area contributed by atoms with Crippen molar-refractivity contribution in [1.82, 2.24) is 4.90 Å². The lowest BCUT2D eigenvalue weighted by Gasteiger charge is -2.30. The van der Waals surface area contributed by atoms with E-state index in [9.17, 15) is 14.7 Å². The van der Waals surface area contributed by atoms with Gasteiger partial charge in [0, 0.05) is 10.8 Å². The summed E-state index contributed by atoms with van der Waals surface area (Å²) in [6, 6.07) is 21.5. The van der Waals surface area contributed by atoms with E-state index in [0.29, 0.717) is 19.6 Å². The Morgan fingerprint density at radius 2 is 1.82 bits per heavy atom. The lowest BCUT2D eigenvalue weighted by atomic mass is 9.70. The summed E-state index contributed by atoms with van der Waals surface area (Å²) in [6.45, 7) is 2.98. The molecule has 1 N–H and O–H groups in total. The molecule has 2 amide bonds. The van der Waals surface area contributed by atoms with Crippen molar-refractivity contribution in [2.45, 2.75) is 38.8 Å². The van der Waals surface area contributed by atoms with Crippen molar-refractivity contribution in [3.05, 3.63) is 99.3 Å². The molecule has 0 spiro atoms. The molecule has 2 saturated heterocycles. The molecule has 6 rings (SSSR count). The quantitative estimate of drug-likeness (QED) is 0.223. The summed E-state index contributed by atoms with van der Waals surface area (Å²) in [4.78, 5) is 29.3. The molecule has 0 bridgehead atoms. The maximum Gasteiger partial charge on any atom is 0.234 e. The van der Waals surface area contributed by atoms with Gasteiger partial charge in [0.25, 0.3) is 0 Å². The third kappa shape index (κ3) is 4.63. The Balaban J connectivity index is 1.22. The summed E-state index contributed by atoms with van der Waals surface area (Å²) >= 11 is 1.58. The van der Waals surface area contributed by atoms with E-state index in [2.05, 4.69) is 25.1 Å². The molecule has 5 nitrogen and oxygen atoms in total. The van der Waals surface area contributed by atoms with E-state index in [1.807, 2.05) is 47.8 Å². The number of hydrogen-bond acceptors (Lipinski definition) is 5. The number of imide groups is 1. The van der Waals surface area contributed by atoms with Crippen LogP contribution in [0.1, 0.15) is 42.2 Å². The zero-order chi connectivity index (χ0) is 26.2. The fourth-order valence-electron chi connectivity index (χ4n) is 6.42. The largest absolute Gasteiger partial charge is 0.508 e. The van der Waals surface area contributed by atoms with Gasteiger partial charge in [-0.05, 0) is 72.0 Å². The number of likely N-dealkylation sites (tertiary alicyclic amines) is 1. The highest BCUT2D eigenvalue weighted by Crippen LogP contribution is 2.50. The van der Waals surface area contributed by atoms with Crippen molar-refractivity contribution >= 4 is 34.8 Å². The first kappa shape index (κ1) is 24.8. The molecule has 0 radical (unpaired) electrons. The van der Waals surface area contributed by atoms with Crippen LogP contribution in [-0.2, 0) is 20.9 Å². The van der Waals surface area contributed by atoms with Gasteiger partial charge < -0.3 is 9.84 Å². The van der Waals surface area contributed by atoms with E-state index in [-0.39, 0.29) is 41.4 Å². The second-order valence-electron chi connectivity index (χ2n) is 10.5. The zero-order valence-corrected chi connectivity index (χ0v) is 22.2. The minimum atomic E-state index is -0.313. The van der Waals surface area contributed by atoms with Crippen LogP contribution in [0, 0.1) is 17.8 Å². The van der Waals surface area contributed by atoms with Gasteiger partial charge in [-0.1, -0.05) is 60.2 Å². The van der Waals surface area contributed by atoms with Crippen LogP contribution < -0.4 is 0 Å². The van der Waals surface area contributed by atoms with Crippen LogP contribution in [0.15, 0.2) is 83.3 Å². The lowest BCUT2D eigenvalue weighted by Crippen LogP contribution is -2.34. The zero-order valence-electron chi connectivity index (χ0n) is 21.4. The number of carbonyl (C=O) groups is 2. The molecule has 2 fully saturated rings. The first-order valence-electron chi connectivity index (χ1n) is 13.2. The number of aromatic hydroxyl groups is 1. The Hall–Kier alpha value is -3.48. The third-order valence-corrected chi connectivity index (χ3v) is 9.05. The number of carbonyl (C=O) groups excluding carboxylic acids is 2. The van der Waals surface area contributed by atoms with Gasteiger partial charge in [-0.3, -0.25) is 14.5 Å². The predicted octanol–water partition coefficient (Wildman–Crippen LogP) is 6.31. The normalized spacial score (nSPS) is 25.2. The van der Waals surface area contributed by atoms with Crippen molar-refractivity contribution in [3.63, 3.8) is 0 Å². The number of amides is 2. The Morgan fingerprint density at radius 1 is 1.03 bits per heavy atom. The number of benzene rings is 2. The van der Waals surface area contributed by atoms with Gasteiger partial charge in [-0.2, -0.15) is 0 Å². The maximum absolute atomic E-state index is 13.5. The summed E-state index contributed by atoms with van der Waals surface area (Å²) in [5, 5.41) is 11.7. The highest BCUT2D eigenvalue weighted by molar-refractivity contribution is 7.09. The molecule has 1 aliphatic carbocycles. The van der Waals surface area contributed by atoms with E-state index >= 15 is 0 Å². The molecule has 2 aliphatic heterocycles. The molecule has 194 valence electrons. The van der Waals surface area contributed by atoms with Crippen LogP contribution in [-0.4, -0.2) is 34.5 Å². The molecule has 6 heteroatoms. The summed E-state index contributed by atoms with van der Waals surface area (Å²) in [7, 11) is 0. The molecule has 0 unspecified atom stereocenters. The number of rotatable bonds is 7. The van der Waals surface area contributed by atoms with Gasteiger partial charge in [0.05, 0.1) is 31.1 Å². The van der Waals surface area contributed by atoms with Gasteiger partial charge in [0.15, 0.2) is 0 Å². The molecule has 3 heterocycles. The minimum Gasteiger partial charge on any atom is -0.508 e. The minimum absolute atomic E-state index is 0.0233. The number of hydrogen-bond donors (Lipinski definition) is 1. The fourth-order valence-corrected chi connectivity index (χ4v) is 7.11. The Kier molecular flexibility index (Phi) is 6.76. The highest BCUT2D eigenvalue weighted by Gasteiger charge is 2.56. The van der Waals surface area contributed by atoms with Gasteiger partial charge in [0.2, 0.25) is 11.8 Å². The number of fused-ring (bicyclic) bond motifs is 3. The molecule has 3 aliphatic rings. The third-order valence-electron chi connectivity index (χ3n) is 8.19. The summed E-state index contributed by atoms with van der Waals surface area (Å²) in [5.74, 6) is -0.422. The van der Waals surface area contributed by atoms with Gasteiger partial charge in [0.1, 0.15) is 5.75 Å². The Labute approximate surface area is 227 Å². The van der Waals surface area contributed by atoms with Crippen LogP contribution in [0.5, 0.6) is 5.75 Å². The number of nitrogens with zero attached hydrogens (tertiary/aromatic N) is 1. The Morgan fingerprint density at radius 3 is 2.55 bits per heavy atom. The predicted molar refractivity (Wildman–Crippen MR) is 149 cm³/mol. The topological polar surface area (TPSA) is 66.8 Å². The average Bonchev–Trinajstić information content (AvgIpc) is 3.65. The van der Waals surface area contributed by atoms with Crippen LogP contribution in [0.25, 0.3) is 11.6 Å². The Bertz CT molecular complexity index is 1390. The summed E-state index contributed by atoms with van der Waals surface area (Å²) in [6.07, 6.45) is 4.37. The first-order valence-corrected chi connectivity index (χ1v) is 14.1. The fraction of sp³-hybridized carbons (Fsp3) is 0.312. The number of thiophene rings is 1. The molecular weight excluding hydrogens is 494 g/mol. The van der Waals surface area contributed by atoms with Crippen molar-refractivity contribution in [2.75, 3.05) is 6.61 Å². The highest BCUT2D eigenvalue weighted by atomic mass is 32.1. The molecule has 38 heavy (non-hydrogen) atoms. The smallest absolute Gasteiger partial charge is 0.234 e. The summed E-state index contributed by atoms with van der Waals surface area (Å²) < 4.78 is 6.36. The van der Waals surface area contributed by atoms with Gasteiger partial charge in [-0.25, -0.2) is 0 Å². The van der Waals surface area contributed by atoms with Gasteiger partial charge in [-0.15, -0.1) is 11.3 Å². The van der Waals surface area contributed by atoms with Crippen molar-refractivity contribution in [1.29, 1.82) is 0 Å². The van der Waals surface area contributed by atoms with E-state index in [0.717, 1.165) is 28.8 Å². The average molecular weight is 526 g/mol. The van der Waals surface area contributed by atoms with E-state index in [4.69, 9.17) is 4.74 Å². The molecule has 4 atom stereocenters. The van der Waals surface area contributed by atoms with Crippen molar-refractivity contribution in [2.24, 2.45) is 17.8 Å². The number of phenols is 1. The van der Waals surface area contributed by atoms with Crippen molar-refractivity contribution < 1.29 is 19.4 Å². The first-order chi connectivity index (χ1) is 18.5. The standard InChI is InChI=1S/C32H31NO4S/c1-20-16-26-30(32(36)33(31(26)35)18-25-8-5-15-38-25)27-19-37-28(29(20)27)14-11-23(22-6-3-2-4-7-22)17-21-9-12-24(34)13-10-21/h2-10,12-13,15,17,26-28,30,34H,11,14,16,18-19H2,1H3/b23-17-/t26-,27+,28-,30-/m1/s1. The number of phenolic OH excluding ortho intramolecular Hbond substituents is 1. The molecule has 3 aromatic rings. The van der Waals surface area contributed by atoms with Crippen LogP contribution in [0.4, 0.5) is 0 Å². The van der Waals surface area contributed by atoms with E-state index in [1.165, 1.54) is 21.6 Å². The van der Waals surface area contributed by atoms with E-state index < -0.39 is 0 Å². The molecule has 1 aromatic heterocycles. The monoisotopic (exact) mass is 525 g/mol. The SMILES string of the molecule is CC1=C2[C@@H](CC/C(=C/c3ccc(O)cc3)c3ccccc3)OC[C@@H]2[C@@H]2C(=O)N(Cc3cccs3)C(=O)[C@@H]2C1. The van der Waals surface area contributed by atoms with Crippen molar-refractivity contribution in [3.8, 4) is 5.75 Å². The molecular formula is C32H31NO4S. The van der Waals surface area contributed by atoms with Gasteiger partial charge >= 0.3 is 0 Å². The molecule has 2 aromatic carbocycles. The second-order valence-corrected chi connectivity index (χ2v) is 11.5. The molecule has 0 saturated carbocycles. The second kappa shape index (κ2) is 10.4. The number of ether oxygens (including phenoxy) is 1. The van der Waals surface area contributed by atoms with E-state index in [1.54, 1.807) is 23.5 Å². The van der Waals surface area contributed by atoms with Crippen LogP contribution >= 0.6 is 11.3 Å². The van der Waals surface area contributed by atoms with Crippen LogP contribution in [0.3, 0.4) is 0 Å². The lowest BCUT2D eigenvalue weighted by molar-refractivity contribution is -0.140. The maximum atomic E-state index is 13.5. The number of allylic oxidation sites excluding steroid dienone is 2.